The number of nitrogens with one attached hydrogen (secondary N) is 2. The van der Waals surface area contributed by atoms with Crippen LogP contribution in [-0.4, -0.2) is 73.7 Å². The van der Waals surface area contributed by atoms with E-state index in [0.717, 1.165) is 79.2 Å². The molecule has 2 saturated heterocycles. The van der Waals surface area contributed by atoms with Gasteiger partial charge in [-0.1, -0.05) is 68.5 Å². The molecule has 0 aromatic heterocycles. The molecule has 0 unspecified atom stereocenters. The molecular formula is C42H46N4O4. The van der Waals surface area contributed by atoms with E-state index in [2.05, 4.69) is 101 Å². The van der Waals surface area contributed by atoms with Gasteiger partial charge in [0.05, 0.1) is 42.2 Å². The van der Waals surface area contributed by atoms with E-state index in [-0.39, 0.29) is 51.7 Å². The molecule has 2 aromatic rings. The van der Waals surface area contributed by atoms with Gasteiger partial charge in [0.15, 0.2) is 0 Å². The summed E-state index contributed by atoms with van der Waals surface area (Å²) in [7, 11) is 3.02. The largest absolute Gasteiger partial charge is 0.466 e. The normalized spacial score (nSPS) is 37.1. The molecule has 8 aliphatic rings. The van der Waals surface area contributed by atoms with E-state index in [0.29, 0.717) is 12.8 Å². The summed E-state index contributed by atoms with van der Waals surface area (Å²) < 4.78 is 10.9. The van der Waals surface area contributed by atoms with Gasteiger partial charge in [0, 0.05) is 65.3 Å². The van der Waals surface area contributed by atoms with E-state index in [1.165, 1.54) is 30.9 Å². The molecule has 6 aliphatic heterocycles. The van der Waals surface area contributed by atoms with Gasteiger partial charge in [-0.2, -0.15) is 0 Å². The van der Waals surface area contributed by atoms with Gasteiger partial charge in [0.2, 0.25) is 0 Å². The molecule has 258 valence electrons. The maximum Gasteiger partial charge on any atom is 0.335 e. The van der Waals surface area contributed by atoms with Crippen molar-refractivity contribution in [3.8, 4) is 0 Å². The van der Waals surface area contributed by atoms with Gasteiger partial charge in [-0.15, -0.1) is 0 Å². The molecule has 8 nitrogen and oxygen atoms in total. The fraction of sp³-hybridized carbons (Fsp3) is 0.476. The zero-order chi connectivity index (χ0) is 34.2. The van der Waals surface area contributed by atoms with Gasteiger partial charge < -0.3 is 20.1 Å². The Morgan fingerprint density at radius 2 is 1.34 bits per heavy atom. The minimum atomic E-state index is -0.310. The number of fused-ring (bicyclic) bond motifs is 2. The van der Waals surface area contributed by atoms with Crippen molar-refractivity contribution < 1.29 is 19.1 Å². The van der Waals surface area contributed by atoms with Crippen LogP contribution < -0.4 is 10.6 Å². The van der Waals surface area contributed by atoms with Gasteiger partial charge in [-0.25, -0.2) is 9.59 Å². The van der Waals surface area contributed by atoms with Crippen LogP contribution in [0.2, 0.25) is 0 Å². The summed E-state index contributed by atoms with van der Waals surface area (Å²) in [5.74, 6) is -0.435. The fourth-order valence-corrected chi connectivity index (χ4v) is 12.7. The highest BCUT2D eigenvalue weighted by Gasteiger charge is 2.69. The van der Waals surface area contributed by atoms with Gasteiger partial charge >= 0.3 is 11.9 Å². The molecule has 0 bridgehead atoms. The van der Waals surface area contributed by atoms with Crippen LogP contribution in [0.3, 0.4) is 0 Å². The van der Waals surface area contributed by atoms with Crippen molar-refractivity contribution in [3.05, 3.63) is 106 Å². The molecule has 2 fully saturated rings. The molecular weight excluding hydrogens is 624 g/mol. The third-order valence-electron chi connectivity index (χ3n) is 14.5. The van der Waals surface area contributed by atoms with Gasteiger partial charge in [-0.05, 0) is 67.4 Å². The number of anilines is 2. The number of hydrogen-bond donors (Lipinski definition) is 2. The van der Waals surface area contributed by atoms with E-state index in [4.69, 9.17) is 9.47 Å². The van der Waals surface area contributed by atoms with Crippen LogP contribution >= 0.6 is 0 Å². The van der Waals surface area contributed by atoms with Crippen LogP contribution in [-0.2, 0) is 29.9 Å². The number of carbonyl (C=O) groups is 2. The highest BCUT2D eigenvalue weighted by molar-refractivity contribution is 5.94. The zero-order valence-corrected chi connectivity index (χ0v) is 29.5. The monoisotopic (exact) mass is 670 g/mol. The molecule has 8 heteroatoms. The molecule has 0 saturated carbocycles. The molecule has 10 rings (SSSR count). The molecule has 2 N–H and O–H groups in total. The summed E-state index contributed by atoms with van der Waals surface area (Å²) in [6.07, 6.45) is 12.7. The number of benzene rings is 2. The molecule has 2 spiro atoms. The Hall–Kier alpha value is -4.14. The SMILES string of the molecule is CC[C@]12C=C([C@@H]3C=C[C@@]4(CC)CC(C(=O)OC)=C5Nc6ccccc6[C@@]56CCN3[C@@H]46)CN3CC[C@]4(C(=C(C(=O)OC)C1)Nc1ccccc14)[C@@H]32. The van der Waals surface area contributed by atoms with E-state index in [1.54, 1.807) is 0 Å². The van der Waals surface area contributed by atoms with Crippen molar-refractivity contribution >= 4 is 23.3 Å². The maximum atomic E-state index is 13.7. The molecule has 2 aromatic carbocycles. The number of methoxy groups -OCH3 is 2. The number of rotatable bonds is 5. The van der Waals surface area contributed by atoms with Crippen molar-refractivity contribution in [2.24, 2.45) is 10.8 Å². The number of para-hydroxylation sites is 2. The first-order chi connectivity index (χ1) is 24.3. The Kier molecular flexibility index (Phi) is 6.27. The minimum absolute atomic E-state index is 0.134. The average molecular weight is 671 g/mol. The standard InChI is InChI=1S/C42H46N4O4/c1-5-39-16-15-32(46-20-18-42(38(39)46)29-12-8-10-14-31(29)44-34(42)26(22-39)35(47)49-3)25-21-40(6-2)23-27(36(48)50-4)33-41(17-19-45(24-25)37(40)41)28-11-7-9-13-30(28)43-33/h7-16,21,32,37-38,43-44H,5-6,17-20,22-24H2,1-4H3/t32-,37-,38-,39-,40-,41-,42-/m0/s1. The summed E-state index contributed by atoms with van der Waals surface area (Å²) in [6, 6.07) is 17.9. The van der Waals surface area contributed by atoms with Crippen LogP contribution in [0.5, 0.6) is 0 Å². The smallest absolute Gasteiger partial charge is 0.335 e. The Bertz CT molecular complexity index is 2010. The lowest BCUT2D eigenvalue weighted by molar-refractivity contribution is -0.137. The lowest BCUT2D eigenvalue weighted by Gasteiger charge is -2.58. The number of hydrogen-bond acceptors (Lipinski definition) is 8. The van der Waals surface area contributed by atoms with Crippen LogP contribution in [0.15, 0.2) is 94.9 Å². The Balaban J connectivity index is 1.13. The lowest BCUT2D eigenvalue weighted by Crippen LogP contribution is -2.63. The van der Waals surface area contributed by atoms with Crippen LogP contribution in [0.1, 0.15) is 63.5 Å². The van der Waals surface area contributed by atoms with Gasteiger partial charge in [-0.3, -0.25) is 9.80 Å². The van der Waals surface area contributed by atoms with Crippen molar-refractivity contribution in [3.63, 3.8) is 0 Å². The second kappa shape index (κ2) is 10.2. The van der Waals surface area contributed by atoms with Crippen LogP contribution in [0, 0.1) is 10.8 Å². The molecule has 0 radical (unpaired) electrons. The number of esters is 2. The summed E-state index contributed by atoms with van der Waals surface area (Å²) in [5.41, 5.74) is 9.03. The summed E-state index contributed by atoms with van der Waals surface area (Å²) in [4.78, 5) is 32.7. The Labute approximate surface area is 294 Å². The van der Waals surface area contributed by atoms with E-state index >= 15 is 0 Å². The number of nitrogens with zero attached hydrogens (tertiary/aromatic N) is 2. The summed E-state index contributed by atoms with van der Waals surface area (Å²) in [6.45, 7) is 7.43. The highest BCUT2D eigenvalue weighted by Crippen LogP contribution is 2.67. The summed E-state index contributed by atoms with van der Waals surface area (Å²) in [5, 5.41) is 7.51. The second-order valence-electron chi connectivity index (χ2n) is 16.0. The molecule has 50 heavy (non-hydrogen) atoms. The first-order valence-corrected chi connectivity index (χ1v) is 18.6. The minimum Gasteiger partial charge on any atom is -0.466 e. The molecule has 7 atom stereocenters. The Morgan fingerprint density at radius 3 is 1.94 bits per heavy atom. The maximum absolute atomic E-state index is 13.7. The number of carbonyl (C=O) groups excluding carboxylic acids is 2. The van der Waals surface area contributed by atoms with Crippen molar-refractivity contribution in [2.45, 2.75) is 81.3 Å². The second-order valence-corrected chi connectivity index (χ2v) is 16.0. The zero-order valence-electron chi connectivity index (χ0n) is 29.5. The van der Waals surface area contributed by atoms with Gasteiger partial charge in [0.25, 0.3) is 0 Å². The van der Waals surface area contributed by atoms with Crippen LogP contribution in [0.25, 0.3) is 0 Å². The molecule has 2 aliphatic carbocycles. The van der Waals surface area contributed by atoms with Gasteiger partial charge in [0.1, 0.15) is 0 Å². The predicted octanol–water partition coefficient (Wildman–Crippen LogP) is 6.19. The average Bonchev–Trinajstić information content (AvgIpc) is 3.93. The fourth-order valence-electron chi connectivity index (χ4n) is 12.7. The Morgan fingerprint density at radius 1 is 0.780 bits per heavy atom. The first kappa shape index (κ1) is 30.7. The van der Waals surface area contributed by atoms with Crippen molar-refractivity contribution in [1.82, 2.24) is 9.80 Å². The lowest BCUT2D eigenvalue weighted by atomic mass is 9.53. The third-order valence-corrected chi connectivity index (χ3v) is 14.5. The highest BCUT2D eigenvalue weighted by atomic mass is 16.5. The van der Waals surface area contributed by atoms with E-state index in [9.17, 15) is 9.59 Å². The molecule has 0 amide bonds. The van der Waals surface area contributed by atoms with Crippen LogP contribution in [0.4, 0.5) is 11.4 Å². The summed E-state index contributed by atoms with van der Waals surface area (Å²) >= 11 is 0. The van der Waals surface area contributed by atoms with Crippen molar-refractivity contribution in [1.29, 1.82) is 0 Å². The number of ether oxygens (including phenoxy) is 2. The predicted molar refractivity (Wildman–Crippen MR) is 192 cm³/mol. The molecule has 6 heterocycles. The third kappa shape index (κ3) is 3.45. The topological polar surface area (TPSA) is 83.1 Å². The first-order valence-electron chi connectivity index (χ1n) is 18.6. The van der Waals surface area contributed by atoms with Crippen molar-refractivity contribution in [2.75, 3.05) is 44.5 Å². The van der Waals surface area contributed by atoms with E-state index in [1.807, 2.05) is 0 Å². The van der Waals surface area contributed by atoms with E-state index < -0.39 is 0 Å². The quantitative estimate of drug-likeness (QED) is 0.288.